The molecule has 0 aliphatic carbocycles. The van der Waals surface area contributed by atoms with E-state index >= 15 is 0 Å². The van der Waals surface area contributed by atoms with Crippen LogP contribution >= 0.6 is 0 Å². The summed E-state index contributed by atoms with van der Waals surface area (Å²) in [6, 6.07) is 3.90. The Morgan fingerprint density at radius 2 is 1.95 bits per heavy atom. The Kier molecular flexibility index (Phi) is 7.20. The molecule has 1 aromatic rings. The standard InChI is InChI=1S/C17H29N3O/c1-6-9-18-16-11-14(10-15(8-3)20-16)17(21)19-13(5)12(4)7-2/h10-13H,6-9H2,1-5H3,(H,18,20)(H,19,21). The molecule has 21 heavy (non-hydrogen) atoms. The zero-order valence-corrected chi connectivity index (χ0v) is 14.0. The van der Waals surface area contributed by atoms with E-state index in [2.05, 4.69) is 50.2 Å². The van der Waals surface area contributed by atoms with E-state index in [0.717, 1.165) is 37.3 Å². The summed E-state index contributed by atoms with van der Waals surface area (Å²) in [6.45, 7) is 11.4. The quantitative estimate of drug-likeness (QED) is 0.769. The Balaban J connectivity index is 2.87. The topological polar surface area (TPSA) is 54.0 Å². The van der Waals surface area contributed by atoms with Crippen LogP contribution in [0.3, 0.4) is 0 Å². The number of nitrogens with one attached hydrogen (secondary N) is 2. The largest absolute Gasteiger partial charge is 0.370 e. The molecule has 2 unspecified atom stereocenters. The first kappa shape index (κ1) is 17.5. The van der Waals surface area contributed by atoms with Gasteiger partial charge in [0, 0.05) is 23.8 Å². The van der Waals surface area contributed by atoms with E-state index in [1.807, 2.05) is 12.1 Å². The van der Waals surface area contributed by atoms with Crippen molar-refractivity contribution in [3.8, 4) is 0 Å². The predicted molar refractivity (Wildman–Crippen MR) is 88.8 cm³/mol. The van der Waals surface area contributed by atoms with E-state index in [-0.39, 0.29) is 11.9 Å². The summed E-state index contributed by atoms with van der Waals surface area (Å²) in [6.07, 6.45) is 2.91. The lowest BCUT2D eigenvalue weighted by atomic mass is 10.0. The lowest BCUT2D eigenvalue weighted by Crippen LogP contribution is -2.37. The van der Waals surface area contributed by atoms with Gasteiger partial charge in [-0.1, -0.05) is 34.1 Å². The third-order valence-corrected chi connectivity index (χ3v) is 3.92. The normalized spacial score (nSPS) is 13.6. The number of amides is 1. The second kappa shape index (κ2) is 8.65. The van der Waals surface area contributed by atoms with Crippen LogP contribution in [0.4, 0.5) is 5.82 Å². The van der Waals surface area contributed by atoms with Gasteiger partial charge in [-0.2, -0.15) is 0 Å². The van der Waals surface area contributed by atoms with Crippen LogP contribution in [0.25, 0.3) is 0 Å². The van der Waals surface area contributed by atoms with E-state index in [4.69, 9.17) is 0 Å². The highest BCUT2D eigenvalue weighted by Gasteiger charge is 2.15. The van der Waals surface area contributed by atoms with Crippen LogP contribution in [0.1, 0.15) is 63.5 Å². The van der Waals surface area contributed by atoms with E-state index in [1.165, 1.54) is 0 Å². The molecule has 0 aliphatic rings. The molecular formula is C17H29N3O. The first-order valence-corrected chi connectivity index (χ1v) is 8.07. The van der Waals surface area contributed by atoms with Crippen molar-refractivity contribution >= 4 is 11.7 Å². The van der Waals surface area contributed by atoms with Gasteiger partial charge in [0.15, 0.2) is 0 Å². The Morgan fingerprint density at radius 1 is 1.24 bits per heavy atom. The molecule has 118 valence electrons. The Hall–Kier alpha value is -1.58. The fraction of sp³-hybridized carbons (Fsp3) is 0.647. The number of nitrogens with zero attached hydrogens (tertiary/aromatic N) is 1. The molecule has 4 nitrogen and oxygen atoms in total. The molecule has 0 bridgehead atoms. The van der Waals surface area contributed by atoms with Gasteiger partial charge in [-0.3, -0.25) is 4.79 Å². The van der Waals surface area contributed by atoms with Gasteiger partial charge in [0.2, 0.25) is 0 Å². The van der Waals surface area contributed by atoms with Gasteiger partial charge in [-0.15, -0.1) is 0 Å². The zero-order chi connectivity index (χ0) is 15.8. The van der Waals surface area contributed by atoms with Gasteiger partial charge < -0.3 is 10.6 Å². The number of carbonyl (C=O) groups is 1. The van der Waals surface area contributed by atoms with Crippen molar-refractivity contribution < 1.29 is 4.79 Å². The maximum atomic E-state index is 12.4. The summed E-state index contributed by atoms with van der Waals surface area (Å²) in [4.78, 5) is 16.9. The molecule has 0 radical (unpaired) electrons. The van der Waals surface area contributed by atoms with Gasteiger partial charge in [-0.25, -0.2) is 4.98 Å². The minimum absolute atomic E-state index is 0.0144. The van der Waals surface area contributed by atoms with Crippen molar-refractivity contribution in [2.45, 2.75) is 59.9 Å². The summed E-state index contributed by atoms with van der Waals surface area (Å²) in [5.74, 6) is 1.25. The van der Waals surface area contributed by atoms with Crippen molar-refractivity contribution in [1.29, 1.82) is 0 Å². The minimum atomic E-state index is -0.0144. The maximum absolute atomic E-state index is 12.4. The maximum Gasteiger partial charge on any atom is 0.251 e. The summed E-state index contributed by atoms with van der Waals surface area (Å²) in [7, 11) is 0. The second-order valence-electron chi connectivity index (χ2n) is 5.66. The van der Waals surface area contributed by atoms with Gasteiger partial charge in [0.25, 0.3) is 5.91 Å². The average Bonchev–Trinajstić information content (AvgIpc) is 2.51. The number of pyridine rings is 1. The molecule has 0 spiro atoms. The third-order valence-electron chi connectivity index (χ3n) is 3.92. The van der Waals surface area contributed by atoms with E-state index < -0.39 is 0 Å². The van der Waals surface area contributed by atoms with Gasteiger partial charge >= 0.3 is 0 Å². The second-order valence-corrected chi connectivity index (χ2v) is 5.66. The molecule has 0 saturated heterocycles. The molecule has 0 aliphatic heterocycles. The molecule has 0 aromatic carbocycles. The van der Waals surface area contributed by atoms with E-state index in [0.29, 0.717) is 11.5 Å². The third kappa shape index (κ3) is 5.37. The summed E-state index contributed by atoms with van der Waals surface area (Å²) in [5.41, 5.74) is 1.63. The molecule has 0 fully saturated rings. The number of hydrogen-bond donors (Lipinski definition) is 2. The van der Waals surface area contributed by atoms with Crippen molar-refractivity contribution in [2.75, 3.05) is 11.9 Å². The van der Waals surface area contributed by atoms with Crippen molar-refractivity contribution in [3.63, 3.8) is 0 Å². The minimum Gasteiger partial charge on any atom is -0.370 e. The molecule has 4 heteroatoms. The molecule has 1 amide bonds. The summed E-state index contributed by atoms with van der Waals surface area (Å²) in [5, 5.41) is 6.35. The molecule has 1 heterocycles. The summed E-state index contributed by atoms with van der Waals surface area (Å²) < 4.78 is 0. The van der Waals surface area contributed by atoms with Gasteiger partial charge in [0.05, 0.1) is 0 Å². The first-order valence-electron chi connectivity index (χ1n) is 8.07. The fourth-order valence-corrected chi connectivity index (χ4v) is 2.03. The van der Waals surface area contributed by atoms with Crippen LogP contribution in [-0.2, 0) is 6.42 Å². The Labute approximate surface area is 128 Å². The fourth-order valence-electron chi connectivity index (χ4n) is 2.03. The Morgan fingerprint density at radius 3 is 2.52 bits per heavy atom. The summed E-state index contributed by atoms with van der Waals surface area (Å²) >= 11 is 0. The van der Waals surface area contributed by atoms with Crippen LogP contribution in [0, 0.1) is 5.92 Å². The zero-order valence-electron chi connectivity index (χ0n) is 14.0. The number of hydrogen-bond acceptors (Lipinski definition) is 3. The van der Waals surface area contributed by atoms with Crippen LogP contribution in [0.2, 0.25) is 0 Å². The smallest absolute Gasteiger partial charge is 0.251 e. The van der Waals surface area contributed by atoms with Gasteiger partial charge in [0.1, 0.15) is 5.82 Å². The lowest BCUT2D eigenvalue weighted by Gasteiger charge is -2.20. The molecular weight excluding hydrogens is 262 g/mol. The first-order chi connectivity index (χ1) is 10.0. The van der Waals surface area contributed by atoms with Crippen LogP contribution in [0.15, 0.2) is 12.1 Å². The average molecular weight is 291 g/mol. The number of aryl methyl sites for hydroxylation is 1. The van der Waals surface area contributed by atoms with Crippen molar-refractivity contribution in [2.24, 2.45) is 5.92 Å². The Bertz CT molecular complexity index is 459. The van der Waals surface area contributed by atoms with E-state index in [1.54, 1.807) is 0 Å². The predicted octanol–water partition coefficient (Wildman–Crippen LogP) is 3.63. The molecule has 2 N–H and O–H groups in total. The van der Waals surface area contributed by atoms with Crippen LogP contribution < -0.4 is 10.6 Å². The highest BCUT2D eigenvalue weighted by Crippen LogP contribution is 2.13. The highest BCUT2D eigenvalue weighted by atomic mass is 16.1. The van der Waals surface area contributed by atoms with E-state index in [9.17, 15) is 4.79 Å². The van der Waals surface area contributed by atoms with Gasteiger partial charge in [-0.05, 0) is 37.8 Å². The highest BCUT2D eigenvalue weighted by molar-refractivity contribution is 5.95. The molecule has 2 atom stereocenters. The van der Waals surface area contributed by atoms with Crippen molar-refractivity contribution in [3.05, 3.63) is 23.4 Å². The molecule has 1 aromatic heterocycles. The number of carbonyl (C=O) groups excluding carboxylic acids is 1. The lowest BCUT2D eigenvalue weighted by molar-refractivity contribution is 0.0928. The monoisotopic (exact) mass is 291 g/mol. The number of aromatic nitrogens is 1. The van der Waals surface area contributed by atoms with Crippen molar-refractivity contribution in [1.82, 2.24) is 10.3 Å². The van der Waals surface area contributed by atoms with Crippen LogP contribution in [0.5, 0.6) is 0 Å². The molecule has 1 rings (SSSR count). The molecule has 0 saturated carbocycles. The van der Waals surface area contributed by atoms with Crippen LogP contribution in [-0.4, -0.2) is 23.5 Å². The number of anilines is 1. The number of rotatable bonds is 8. The SMILES string of the molecule is CCCNc1cc(C(=O)NC(C)C(C)CC)cc(CC)n1.